The van der Waals surface area contributed by atoms with E-state index in [2.05, 4.69) is 4.74 Å². The Labute approximate surface area is 98.0 Å². The minimum Gasteiger partial charge on any atom is -0.352 e. The van der Waals surface area contributed by atoms with Crippen LogP contribution in [0, 0.1) is 0 Å². The molecule has 0 fully saturated rings. The van der Waals surface area contributed by atoms with Crippen LogP contribution < -0.4 is 11.2 Å². The third-order valence-corrected chi connectivity index (χ3v) is 2.08. The van der Waals surface area contributed by atoms with Crippen LogP contribution in [0.15, 0.2) is 21.9 Å². The van der Waals surface area contributed by atoms with Gasteiger partial charge in [0.05, 0.1) is 0 Å². The molecule has 1 atom stereocenters. The Morgan fingerprint density at radius 2 is 2.06 bits per heavy atom. The normalized spacial score (nSPS) is 13.9. The van der Waals surface area contributed by atoms with Gasteiger partial charge in [0.25, 0.3) is 5.56 Å². The molecule has 5 nitrogen and oxygen atoms in total. The first-order valence-electron chi connectivity index (χ1n) is 4.83. The van der Waals surface area contributed by atoms with Crippen LogP contribution in [-0.4, -0.2) is 28.5 Å². The Balaban J connectivity index is 2.75. The summed E-state index contributed by atoms with van der Waals surface area (Å²) in [6.45, 7) is -0.321. The Kier molecular flexibility index (Phi) is 4.28. The van der Waals surface area contributed by atoms with Crippen molar-refractivity contribution >= 4 is 0 Å². The van der Waals surface area contributed by atoms with Crippen molar-refractivity contribution in [3.8, 4) is 0 Å². The van der Waals surface area contributed by atoms with Crippen molar-refractivity contribution in [1.82, 2.24) is 9.55 Å². The van der Waals surface area contributed by atoms with Crippen molar-refractivity contribution in [2.75, 3.05) is 6.61 Å². The number of hydrogen-bond donors (Lipinski definition) is 1. The molecule has 1 heterocycles. The number of H-pyrrole nitrogens is 1. The number of ether oxygens (including phenoxy) is 1. The number of hydrogen-bond acceptors (Lipinski definition) is 3. The van der Waals surface area contributed by atoms with Crippen LogP contribution in [0.2, 0.25) is 0 Å². The van der Waals surface area contributed by atoms with Crippen LogP contribution in [0.3, 0.4) is 0 Å². The SMILES string of the molecule is C[C@H](OCC(F)(F)C(F)F)n1ccc(=O)[nH]c1=O. The molecular formula is C9H10F4N2O3. The van der Waals surface area contributed by atoms with Gasteiger partial charge in [-0.25, -0.2) is 13.6 Å². The largest absolute Gasteiger partial charge is 0.352 e. The number of aromatic nitrogens is 2. The van der Waals surface area contributed by atoms with E-state index in [9.17, 15) is 27.2 Å². The van der Waals surface area contributed by atoms with Gasteiger partial charge in [0.1, 0.15) is 12.8 Å². The first-order chi connectivity index (χ1) is 8.24. The van der Waals surface area contributed by atoms with E-state index < -0.39 is 36.4 Å². The summed E-state index contributed by atoms with van der Waals surface area (Å²) in [5.74, 6) is -4.29. The second kappa shape index (κ2) is 5.34. The number of nitrogens with one attached hydrogen (secondary N) is 1. The highest BCUT2D eigenvalue weighted by Gasteiger charge is 2.41. The minimum absolute atomic E-state index is 0.665. The van der Waals surface area contributed by atoms with E-state index in [4.69, 9.17) is 0 Å². The quantitative estimate of drug-likeness (QED) is 0.811. The van der Waals surface area contributed by atoms with Gasteiger partial charge in [-0.1, -0.05) is 0 Å². The lowest BCUT2D eigenvalue weighted by Gasteiger charge is -2.20. The monoisotopic (exact) mass is 270 g/mol. The molecule has 18 heavy (non-hydrogen) atoms. The lowest BCUT2D eigenvalue weighted by molar-refractivity contribution is -0.182. The molecule has 9 heteroatoms. The predicted molar refractivity (Wildman–Crippen MR) is 52.9 cm³/mol. The van der Waals surface area contributed by atoms with Gasteiger partial charge < -0.3 is 4.74 Å². The molecule has 1 aromatic heterocycles. The van der Waals surface area contributed by atoms with Crippen LogP contribution in [-0.2, 0) is 4.74 Å². The van der Waals surface area contributed by atoms with E-state index in [1.54, 1.807) is 0 Å². The summed E-state index contributed by atoms with van der Waals surface area (Å²) in [4.78, 5) is 23.9. The first-order valence-corrected chi connectivity index (χ1v) is 4.83. The van der Waals surface area contributed by atoms with E-state index >= 15 is 0 Å². The summed E-state index contributed by atoms with van der Waals surface area (Å²) in [5.41, 5.74) is -1.54. The summed E-state index contributed by atoms with van der Waals surface area (Å²) in [5, 5.41) is 0. The molecule has 0 aliphatic rings. The van der Waals surface area contributed by atoms with Crippen molar-refractivity contribution in [2.45, 2.75) is 25.5 Å². The molecule has 1 rings (SSSR count). The number of nitrogens with zero attached hydrogens (tertiary/aromatic N) is 1. The van der Waals surface area contributed by atoms with E-state index in [1.165, 1.54) is 6.92 Å². The molecule has 0 aliphatic heterocycles. The maximum Gasteiger partial charge on any atom is 0.330 e. The zero-order valence-corrected chi connectivity index (χ0v) is 9.20. The summed E-state index contributed by atoms with van der Waals surface area (Å²) in [7, 11) is 0. The molecular weight excluding hydrogens is 260 g/mol. The molecule has 0 saturated carbocycles. The van der Waals surface area contributed by atoms with Crippen LogP contribution in [0.4, 0.5) is 17.6 Å². The average Bonchev–Trinajstić information content (AvgIpc) is 2.25. The predicted octanol–water partition coefficient (Wildman–Crippen LogP) is 0.972. The third kappa shape index (κ3) is 3.42. The Morgan fingerprint density at radius 1 is 1.44 bits per heavy atom. The second-order valence-electron chi connectivity index (χ2n) is 3.49. The molecule has 1 N–H and O–H groups in total. The van der Waals surface area contributed by atoms with Crippen molar-refractivity contribution in [3.63, 3.8) is 0 Å². The Hall–Kier alpha value is -1.64. The van der Waals surface area contributed by atoms with E-state index in [-0.39, 0.29) is 0 Å². The molecule has 0 unspecified atom stereocenters. The Morgan fingerprint density at radius 3 is 2.56 bits per heavy atom. The zero-order chi connectivity index (χ0) is 13.9. The smallest absolute Gasteiger partial charge is 0.330 e. The highest BCUT2D eigenvalue weighted by molar-refractivity contribution is 4.83. The van der Waals surface area contributed by atoms with Gasteiger partial charge in [0.15, 0.2) is 0 Å². The molecule has 0 spiro atoms. The van der Waals surface area contributed by atoms with E-state index in [0.29, 0.717) is 0 Å². The maximum atomic E-state index is 12.6. The van der Waals surface area contributed by atoms with Gasteiger partial charge in [0.2, 0.25) is 0 Å². The molecule has 1 aromatic rings. The number of rotatable bonds is 5. The van der Waals surface area contributed by atoms with Gasteiger partial charge in [-0.3, -0.25) is 14.3 Å². The lowest BCUT2D eigenvalue weighted by Crippen LogP contribution is -2.36. The molecule has 0 amide bonds. The molecule has 0 aliphatic carbocycles. The van der Waals surface area contributed by atoms with Gasteiger partial charge in [-0.2, -0.15) is 8.78 Å². The van der Waals surface area contributed by atoms with Crippen molar-refractivity contribution in [3.05, 3.63) is 33.1 Å². The van der Waals surface area contributed by atoms with Crippen LogP contribution in [0.25, 0.3) is 0 Å². The van der Waals surface area contributed by atoms with Crippen molar-refractivity contribution in [2.24, 2.45) is 0 Å². The highest BCUT2D eigenvalue weighted by Crippen LogP contribution is 2.24. The fraction of sp³-hybridized carbons (Fsp3) is 0.556. The third-order valence-electron chi connectivity index (χ3n) is 2.08. The first kappa shape index (κ1) is 14.4. The minimum atomic E-state index is -4.29. The molecule has 0 saturated heterocycles. The maximum absolute atomic E-state index is 12.6. The molecule has 0 bridgehead atoms. The van der Waals surface area contributed by atoms with Crippen molar-refractivity contribution < 1.29 is 22.3 Å². The average molecular weight is 270 g/mol. The van der Waals surface area contributed by atoms with E-state index in [1.807, 2.05) is 4.98 Å². The number of alkyl halides is 4. The van der Waals surface area contributed by atoms with E-state index in [0.717, 1.165) is 16.8 Å². The molecule has 0 radical (unpaired) electrons. The molecule has 0 aromatic carbocycles. The number of halogens is 4. The number of aromatic amines is 1. The second-order valence-corrected chi connectivity index (χ2v) is 3.49. The fourth-order valence-corrected chi connectivity index (χ4v) is 1.09. The van der Waals surface area contributed by atoms with Gasteiger partial charge in [0, 0.05) is 12.3 Å². The van der Waals surface area contributed by atoms with Crippen LogP contribution >= 0.6 is 0 Å². The fourth-order valence-electron chi connectivity index (χ4n) is 1.09. The van der Waals surface area contributed by atoms with Gasteiger partial charge >= 0.3 is 18.0 Å². The van der Waals surface area contributed by atoms with Gasteiger partial charge in [-0.15, -0.1) is 0 Å². The lowest BCUT2D eigenvalue weighted by atomic mass is 10.4. The zero-order valence-electron chi connectivity index (χ0n) is 9.20. The van der Waals surface area contributed by atoms with Gasteiger partial charge in [-0.05, 0) is 6.92 Å². The summed E-state index contributed by atoms with van der Waals surface area (Å²) in [6.07, 6.45) is -4.04. The summed E-state index contributed by atoms with van der Waals surface area (Å²) < 4.78 is 54.1. The van der Waals surface area contributed by atoms with Crippen LogP contribution in [0.5, 0.6) is 0 Å². The Bertz CT molecular complexity index is 511. The molecule has 102 valence electrons. The highest BCUT2D eigenvalue weighted by atomic mass is 19.3. The summed E-state index contributed by atoms with van der Waals surface area (Å²) >= 11 is 0. The van der Waals surface area contributed by atoms with Crippen molar-refractivity contribution in [1.29, 1.82) is 0 Å². The topological polar surface area (TPSA) is 64.1 Å². The standard InChI is InChI=1S/C9H10F4N2O3/c1-5(18-4-9(12,13)7(10)11)15-3-2-6(16)14-8(15)17/h2-3,5,7H,4H2,1H3,(H,14,16,17)/t5-/m0/s1. The van der Waals surface area contributed by atoms with Crippen LogP contribution in [0.1, 0.15) is 13.2 Å². The summed E-state index contributed by atoms with van der Waals surface area (Å²) in [6, 6.07) is 0.979.